The van der Waals surface area contributed by atoms with Crippen molar-refractivity contribution in [2.45, 2.75) is 58.7 Å². The summed E-state index contributed by atoms with van der Waals surface area (Å²) in [5, 5.41) is 12.4. The molecule has 2 atom stereocenters. The molecular formula is C19H28N2O4. The zero-order valence-corrected chi connectivity index (χ0v) is 15.5. The van der Waals surface area contributed by atoms with Crippen LogP contribution in [0.25, 0.3) is 0 Å². The van der Waals surface area contributed by atoms with Gasteiger partial charge in [0.1, 0.15) is 12.1 Å². The van der Waals surface area contributed by atoms with E-state index in [-0.39, 0.29) is 12.3 Å². The fourth-order valence-electron chi connectivity index (χ4n) is 2.64. The molecule has 0 heterocycles. The van der Waals surface area contributed by atoms with E-state index in [0.717, 1.165) is 4.90 Å². The maximum atomic E-state index is 12.9. The molecule has 2 N–H and O–H groups in total. The fraction of sp³-hybridized carbons (Fsp3) is 0.526. The van der Waals surface area contributed by atoms with Crippen LogP contribution in [0.3, 0.4) is 0 Å². The van der Waals surface area contributed by atoms with Gasteiger partial charge in [-0.05, 0) is 38.7 Å². The van der Waals surface area contributed by atoms with Gasteiger partial charge in [-0.25, -0.2) is 4.79 Å². The Bertz CT molecular complexity index is 593. The molecule has 2 amide bonds. The highest BCUT2D eigenvalue weighted by molar-refractivity contribution is 5.87. The minimum absolute atomic E-state index is 0.0608. The number of hydrogen-bond donors (Lipinski definition) is 2. The number of aliphatic carboxylic acids is 1. The largest absolute Gasteiger partial charge is 0.480 e. The molecule has 6 nitrogen and oxygen atoms in total. The molecule has 0 fully saturated rings. The van der Waals surface area contributed by atoms with E-state index in [1.165, 1.54) is 0 Å². The van der Waals surface area contributed by atoms with Gasteiger partial charge in [-0.1, -0.05) is 44.2 Å². The Morgan fingerprint density at radius 2 is 1.76 bits per heavy atom. The lowest BCUT2D eigenvalue weighted by Gasteiger charge is -2.35. The van der Waals surface area contributed by atoms with Gasteiger partial charge in [-0.2, -0.15) is 0 Å². The van der Waals surface area contributed by atoms with Crippen molar-refractivity contribution in [3.05, 3.63) is 35.9 Å². The zero-order valence-electron chi connectivity index (χ0n) is 15.5. The molecule has 1 aromatic carbocycles. The number of carbonyl (C=O) groups is 3. The Labute approximate surface area is 149 Å². The van der Waals surface area contributed by atoms with Crippen molar-refractivity contribution in [1.29, 1.82) is 0 Å². The second kappa shape index (κ2) is 8.65. The fourth-order valence-corrected chi connectivity index (χ4v) is 2.64. The van der Waals surface area contributed by atoms with Gasteiger partial charge in [0.2, 0.25) is 12.3 Å². The molecule has 0 unspecified atom stereocenters. The number of amides is 2. The molecule has 0 saturated heterocycles. The summed E-state index contributed by atoms with van der Waals surface area (Å²) in [6.07, 6.45) is 0.723. The lowest BCUT2D eigenvalue weighted by molar-refractivity contribution is -0.151. The van der Waals surface area contributed by atoms with Crippen LogP contribution in [0.2, 0.25) is 0 Å². The summed E-state index contributed by atoms with van der Waals surface area (Å²) in [5.41, 5.74) is 0.0708. The monoisotopic (exact) mass is 348 g/mol. The van der Waals surface area contributed by atoms with Crippen LogP contribution in [0.4, 0.5) is 0 Å². The minimum Gasteiger partial charge on any atom is -0.480 e. The Kier molecular flexibility index (Phi) is 7.15. The molecule has 0 radical (unpaired) electrons. The number of nitrogens with one attached hydrogen (secondary N) is 1. The van der Waals surface area contributed by atoms with E-state index in [9.17, 15) is 19.5 Å². The molecule has 138 valence electrons. The van der Waals surface area contributed by atoms with Crippen molar-refractivity contribution < 1.29 is 19.5 Å². The van der Waals surface area contributed by atoms with E-state index in [0.29, 0.717) is 12.0 Å². The lowest BCUT2D eigenvalue weighted by atomic mass is 9.97. The van der Waals surface area contributed by atoms with Crippen LogP contribution in [0.5, 0.6) is 0 Å². The van der Waals surface area contributed by atoms with E-state index >= 15 is 0 Å². The van der Waals surface area contributed by atoms with Gasteiger partial charge in [-0.3, -0.25) is 9.59 Å². The second-order valence-electron chi connectivity index (χ2n) is 7.59. The maximum absolute atomic E-state index is 12.9. The standard InChI is InChI=1S/C19H28N2O4/c1-13(2)11-15(18(24)25)21(12-22)16(14-9-7-6-8-10-14)17(23)20-19(3,4)5/h6-10,12-13,15-16H,11H2,1-5H3,(H,20,23)(H,24,25)/t15-,16+/m1/s1. The summed E-state index contributed by atoms with van der Waals surface area (Å²) in [6.45, 7) is 9.26. The zero-order chi connectivity index (χ0) is 19.2. The second-order valence-corrected chi connectivity index (χ2v) is 7.59. The summed E-state index contributed by atoms with van der Waals surface area (Å²) in [5.74, 6) is -1.46. The number of rotatable bonds is 8. The highest BCUT2D eigenvalue weighted by Crippen LogP contribution is 2.25. The number of nitrogens with zero attached hydrogens (tertiary/aromatic N) is 1. The number of benzene rings is 1. The quantitative estimate of drug-likeness (QED) is 0.707. The summed E-state index contributed by atoms with van der Waals surface area (Å²) in [7, 11) is 0. The smallest absolute Gasteiger partial charge is 0.326 e. The van der Waals surface area contributed by atoms with Gasteiger partial charge in [0.15, 0.2) is 0 Å². The van der Waals surface area contributed by atoms with E-state index in [4.69, 9.17) is 0 Å². The van der Waals surface area contributed by atoms with Gasteiger partial charge in [-0.15, -0.1) is 0 Å². The first-order chi connectivity index (χ1) is 11.6. The van der Waals surface area contributed by atoms with Crippen molar-refractivity contribution in [2.75, 3.05) is 0 Å². The van der Waals surface area contributed by atoms with Gasteiger partial charge in [0.25, 0.3) is 0 Å². The number of hydrogen-bond acceptors (Lipinski definition) is 3. The Morgan fingerprint density at radius 1 is 1.20 bits per heavy atom. The molecular weight excluding hydrogens is 320 g/mol. The molecule has 0 aliphatic carbocycles. The minimum atomic E-state index is -1.12. The summed E-state index contributed by atoms with van der Waals surface area (Å²) in [6, 6.07) is 6.68. The summed E-state index contributed by atoms with van der Waals surface area (Å²) < 4.78 is 0. The van der Waals surface area contributed by atoms with Crippen molar-refractivity contribution in [2.24, 2.45) is 5.92 Å². The Balaban J connectivity index is 3.33. The highest BCUT2D eigenvalue weighted by Gasteiger charge is 2.36. The first kappa shape index (κ1) is 20.7. The van der Waals surface area contributed by atoms with E-state index in [2.05, 4.69) is 5.32 Å². The van der Waals surface area contributed by atoms with Crippen LogP contribution in [-0.2, 0) is 14.4 Å². The molecule has 0 saturated carbocycles. The van der Waals surface area contributed by atoms with Gasteiger partial charge in [0, 0.05) is 5.54 Å². The molecule has 6 heteroatoms. The normalized spacial score (nSPS) is 13.8. The third-order valence-electron chi connectivity index (χ3n) is 3.62. The molecule has 0 spiro atoms. The maximum Gasteiger partial charge on any atom is 0.326 e. The molecule has 0 bridgehead atoms. The van der Waals surface area contributed by atoms with Crippen LogP contribution < -0.4 is 5.32 Å². The third-order valence-corrected chi connectivity index (χ3v) is 3.62. The topological polar surface area (TPSA) is 86.7 Å². The van der Waals surface area contributed by atoms with Gasteiger partial charge >= 0.3 is 5.97 Å². The van der Waals surface area contributed by atoms with Crippen molar-refractivity contribution >= 4 is 18.3 Å². The first-order valence-electron chi connectivity index (χ1n) is 8.39. The molecule has 1 aromatic rings. The van der Waals surface area contributed by atoms with E-state index < -0.39 is 29.5 Å². The van der Waals surface area contributed by atoms with E-state index in [1.807, 2.05) is 34.6 Å². The highest BCUT2D eigenvalue weighted by atomic mass is 16.4. The van der Waals surface area contributed by atoms with Crippen LogP contribution >= 0.6 is 0 Å². The van der Waals surface area contributed by atoms with E-state index in [1.54, 1.807) is 30.3 Å². The molecule has 0 aliphatic rings. The molecule has 0 aromatic heterocycles. The molecule has 1 rings (SSSR count). The number of carboxylic acids is 1. The van der Waals surface area contributed by atoms with Gasteiger partial charge < -0.3 is 15.3 Å². The van der Waals surface area contributed by atoms with Crippen LogP contribution in [0, 0.1) is 5.92 Å². The van der Waals surface area contributed by atoms with Gasteiger partial charge in [0.05, 0.1) is 0 Å². The van der Waals surface area contributed by atoms with Crippen molar-refractivity contribution in [3.8, 4) is 0 Å². The average molecular weight is 348 g/mol. The Hall–Kier alpha value is -2.37. The average Bonchev–Trinajstić information content (AvgIpc) is 2.49. The van der Waals surface area contributed by atoms with Crippen molar-refractivity contribution in [3.63, 3.8) is 0 Å². The predicted molar refractivity (Wildman–Crippen MR) is 95.9 cm³/mol. The summed E-state index contributed by atoms with van der Waals surface area (Å²) in [4.78, 5) is 37.5. The van der Waals surface area contributed by atoms with Crippen LogP contribution in [-0.4, -0.2) is 39.9 Å². The van der Waals surface area contributed by atoms with Crippen LogP contribution in [0.1, 0.15) is 52.6 Å². The first-order valence-corrected chi connectivity index (χ1v) is 8.39. The Morgan fingerprint density at radius 3 is 2.16 bits per heavy atom. The SMILES string of the molecule is CC(C)C[C@H](C(=O)O)N(C=O)[C@H](C(=O)NC(C)(C)C)c1ccccc1. The van der Waals surface area contributed by atoms with Crippen LogP contribution in [0.15, 0.2) is 30.3 Å². The third kappa shape index (κ3) is 6.21. The predicted octanol–water partition coefficient (Wildman–Crippen LogP) is 2.60. The number of carboxylic acid groups (broad SMARTS) is 1. The molecule has 0 aliphatic heterocycles. The number of carbonyl (C=O) groups excluding carboxylic acids is 2. The molecule has 25 heavy (non-hydrogen) atoms. The van der Waals surface area contributed by atoms with Crippen molar-refractivity contribution in [1.82, 2.24) is 10.2 Å². The lowest BCUT2D eigenvalue weighted by Crippen LogP contribution is -2.52. The summed E-state index contributed by atoms with van der Waals surface area (Å²) >= 11 is 0.